The van der Waals surface area contributed by atoms with Crippen LogP contribution in [0.15, 0.2) is 71.7 Å². The second kappa shape index (κ2) is 11.4. The topological polar surface area (TPSA) is 42.9 Å². The minimum atomic E-state index is 0. The van der Waals surface area contributed by atoms with Crippen molar-refractivity contribution >= 4 is 35.6 Å². The number of hydrogen-bond donors (Lipinski definition) is 2. The first-order chi connectivity index (χ1) is 15.8. The van der Waals surface area contributed by atoms with Gasteiger partial charge in [-0.3, -0.25) is 9.89 Å². The minimum absolute atomic E-state index is 0. The van der Waals surface area contributed by atoms with Crippen molar-refractivity contribution in [3.63, 3.8) is 0 Å². The monoisotopic (exact) mass is 557 g/mol. The van der Waals surface area contributed by atoms with Gasteiger partial charge in [-0.15, -0.1) is 24.0 Å². The van der Waals surface area contributed by atoms with Gasteiger partial charge >= 0.3 is 0 Å². The van der Waals surface area contributed by atoms with E-state index >= 15 is 0 Å². The quantitative estimate of drug-likeness (QED) is 0.237. The molecule has 0 radical (unpaired) electrons. The average Bonchev–Trinajstić information content (AvgIpc) is 3.44. The van der Waals surface area contributed by atoms with Crippen LogP contribution in [-0.2, 0) is 13.1 Å². The number of piperidine rings is 1. The number of hydrogen-bond acceptors (Lipinski definition) is 3. The van der Waals surface area contributed by atoms with Gasteiger partial charge in [-0.1, -0.05) is 54.6 Å². The van der Waals surface area contributed by atoms with Crippen LogP contribution in [0.25, 0.3) is 0 Å². The van der Waals surface area contributed by atoms with Gasteiger partial charge in [-0.25, -0.2) is 0 Å². The molecule has 2 aromatic carbocycles. The van der Waals surface area contributed by atoms with E-state index < -0.39 is 0 Å². The van der Waals surface area contributed by atoms with Gasteiger partial charge in [0.25, 0.3) is 0 Å². The Morgan fingerprint density at radius 3 is 2.21 bits per heavy atom. The molecular weight excluding hydrogens is 521 g/mol. The van der Waals surface area contributed by atoms with Crippen molar-refractivity contribution in [1.29, 1.82) is 0 Å². The van der Waals surface area contributed by atoms with Crippen molar-refractivity contribution in [3.8, 4) is 0 Å². The molecule has 0 amide bonds. The highest BCUT2D eigenvalue weighted by Gasteiger charge is 2.40. The van der Waals surface area contributed by atoms with Crippen LogP contribution in [0.5, 0.6) is 0 Å². The average molecular weight is 558 g/mol. The summed E-state index contributed by atoms with van der Waals surface area (Å²) in [5.41, 5.74) is 4.00. The lowest BCUT2D eigenvalue weighted by Gasteiger charge is -2.39. The SMILES string of the molecule is CN=C(NCc1ccc(N2CC=CC2)cc1)NC1CC2CCC(C1)N2Cc1ccccc1.I. The third kappa shape index (κ3) is 5.90. The van der Waals surface area contributed by atoms with Gasteiger partial charge in [-0.2, -0.15) is 0 Å². The molecule has 0 aromatic heterocycles. The summed E-state index contributed by atoms with van der Waals surface area (Å²) in [7, 11) is 1.87. The Balaban J connectivity index is 0.00000259. The standard InChI is InChI=1S/C27H35N5.HI/c1-28-27(29-19-21-9-11-24(12-10-21)31-15-5-6-16-31)30-23-17-25-13-14-26(18-23)32(25)20-22-7-3-2-4-8-22;/h2-12,23,25-26H,13-20H2,1H3,(H2,28,29,30);1H. The zero-order valence-corrected chi connectivity index (χ0v) is 21.8. The van der Waals surface area contributed by atoms with Crippen molar-refractivity contribution in [2.24, 2.45) is 4.99 Å². The summed E-state index contributed by atoms with van der Waals surface area (Å²) in [5.74, 6) is 0.915. The van der Waals surface area contributed by atoms with Gasteiger partial charge in [0.15, 0.2) is 5.96 Å². The lowest BCUT2D eigenvalue weighted by Crippen LogP contribution is -2.52. The van der Waals surface area contributed by atoms with Gasteiger partial charge in [-0.05, 0) is 48.9 Å². The zero-order valence-electron chi connectivity index (χ0n) is 19.5. The summed E-state index contributed by atoms with van der Waals surface area (Å²) in [6.07, 6.45) is 9.49. The van der Waals surface area contributed by atoms with Crippen molar-refractivity contribution in [1.82, 2.24) is 15.5 Å². The molecule has 3 aliphatic rings. The van der Waals surface area contributed by atoms with E-state index in [0.717, 1.165) is 32.1 Å². The molecule has 2 aromatic rings. The summed E-state index contributed by atoms with van der Waals surface area (Å²) in [6.45, 7) is 3.90. The predicted octanol–water partition coefficient (Wildman–Crippen LogP) is 4.54. The molecule has 5 nitrogen and oxygen atoms in total. The zero-order chi connectivity index (χ0) is 21.8. The highest BCUT2D eigenvalue weighted by atomic mass is 127. The number of rotatable bonds is 6. The van der Waals surface area contributed by atoms with E-state index in [1.165, 1.54) is 42.5 Å². The first-order valence-corrected chi connectivity index (χ1v) is 12.0. The molecule has 0 saturated carbocycles. The number of benzene rings is 2. The highest BCUT2D eigenvalue weighted by Crippen LogP contribution is 2.36. The van der Waals surface area contributed by atoms with Crippen LogP contribution >= 0.6 is 24.0 Å². The summed E-state index contributed by atoms with van der Waals surface area (Å²) in [5, 5.41) is 7.24. The Labute approximate surface area is 215 Å². The van der Waals surface area contributed by atoms with Gasteiger partial charge in [0, 0.05) is 57.0 Å². The fourth-order valence-corrected chi connectivity index (χ4v) is 5.53. The number of guanidine groups is 1. The number of nitrogens with zero attached hydrogens (tertiary/aromatic N) is 3. The van der Waals surface area contributed by atoms with E-state index in [2.05, 4.69) is 92.2 Å². The Bertz CT molecular complexity index is 921. The van der Waals surface area contributed by atoms with Crippen LogP contribution in [0.2, 0.25) is 0 Å². The third-order valence-corrected chi connectivity index (χ3v) is 7.24. The Kier molecular flexibility index (Phi) is 8.30. The molecule has 6 heteroatoms. The summed E-state index contributed by atoms with van der Waals surface area (Å²) in [6, 6.07) is 21.6. The van der Waals surface area contributed by atoms with E-state index in [-0.39, 0.29) is 24.0 Å². The van der Waals surface area contributed by atoms with E-state index in [1.807, 2.05) is 7.05 Å². The molecule has 2 atom stereocenters. The Morgan fingerprint density at radius 2 is 1.58 bits per heavy atom. The second-order valence-corrected chi connectivity index (χ2v) is 9.32. The van der Waals surface area contributed by atoms with Crippen molar-refractivity contribution < 1.29 is 0 Å². The molecule has 2 saturated heterocycles. The number of fused-ring (bicyclic) bond motifs is 2. The fourth-order valence-electron chi connectivity index (χ4n) is 5.53. The lowest BCUT2D eigenvalue weighted by molar-refractivity contribution is 0.114. The maximum absolute atomic E-state index is 4.50. The van der Waals surface area contributed by atoms with E-state index in [1.54, 1.807) is 0 Å². The number of aliphatic imine (C=N–C) groups is 1. The number of halogens is 1. The molecule has 0 aliphatic carbocycles. The number of nitrogens with one attached hydrogen (secondary N) is 2. The van der Waals surface area contributed by atoms with Crippen LogP contribution in [0.3, 0.4) is 0 Å². The van der Waals surface area contributed by atoms with Crippen LogP contribution < -0.4 is 15.5 Å². The van der Waals surface area contributed by atoms with Crippen molar-refractivity contribution in [2.75, 3.05) is 25.0 Å². The van der Waals surface area contributed by atoms with Crippen LogP contribution in [0.1, 0.15) is 36.8 Å². The first kappa shape index (κ1) is 24.1. The lowest BCUT2D eigenvalue weighted by atomic mass is 9.96. The molecule has 2 N–H and O–H groups in total. The van der Waals surface area contributed by atoms with Gasteiger partial charge in [0.1, 0.15) is 0 Å². The summed E-state index contributed by atoms with van der Waals surface area (Å²) < 4.78 is 0. The molecule has 3 heterocycles. The van der Waals surface area contributed by atoms with Crippen LogP contribution in [0, 0.1) is 0 Å². The molecule has 33 heavy (non-hydrogen) atoms. The van der Waals surface area contributed by atoms with Crippen LogP contribution in [-0.4, -0.2) is 49.1 Å². The van der Waals surface area contributed by atoms with Gasteiger partial charge in [0.05, 0.1) is 0 Å². The van der Waals surface area contributed by atoms with E-state index in [0.29, 0.717) is 18.1 Å². The second-order valence-electron chi connectivity index (χ2n) is 9.32. The molecule has 2 fully saturated rings. The third-order valence-electron chi connectivity index (χ3n) is 7.24. The molecule has 2 unspecified atom stereocenters. The summed E-state index contributed by atoms with van der Waals surface area (Å²) in [4.78, 5) is 9.61. The molecule has 3 aliphatic heterocycles. The van der Waals surface area contributed by atoms with E-state index in [4.69, 9.17) is 0 Å². The first-order valence-electron chi connectivity index (χ1n) is 12.0. The van der Waals surface area contributed by atoms with E-state index in [9.17, 15) is 0 Å². The maximum Gasteiger partial charge on any atom is 0.191 e. The molecular formula is C27H36IN5. The Morgan fingerprint density at radius 1 is 0.909 bits per heavy atom. The highest BCUT2D eigenvalue weighted by molar-refractivity contribution is 14.0. The number of anilines is 1. The largest absolute Gasteiger partial charge is 0.364 e. The van der Waals surface area contributed by atoms with Gasteiger partial charge < -0.3 is 15.5 Å². The molecule has 5 rings (SSSR count). The predicted molar refractivity (Wildman–Crippen MR) is 148 cm³/mol. The summed E-state index contributed by atoms with van der Waals surface area (Å²) >= 11 is 0. The maximum atomic E-state index is 4.50. The molecule has 176 valence electrons. The van der Waals surface area contributed by atoms with Crippen LogP contribution in [0.4, 0.5) is 5.69 Å². The minimum Gasteiger partial charge on any atom is -0.364 e. The normalized spacial score (nSPS) is 24.6. The Hall–Kier alpha value is -2.06. The molecule has 2 bridgehead atoms. The smallest absolute Gasteiger partial charge is 0.191 e. The molecule has 0 spiro atoms. The fraction of sp³-hybridized carbons (Fsp3) is 0.444. The van der Waals surface area contributed by atoms with Crippen molar-refractivity contribution in [2.45, 2.75) is 56.9 Å². The van der Waals surface area contributed by atoms with Gasteiger partial charge in [0.2, 0.25) is 0 Å². The van der Waals surface area contributed by atoms with Crippen molar-refractivity contribution in [3.05, 3.63) is 77.9 Å².